The summed E-state index contributed by atoms with van der Waals surface area (Å²) in [4.78, 5) is 0.249. The topological polar surface area (TPSA) is 66.4 Å². The largest absolute Gasteiger partial charge is 0.389 e. The smallest absolute Gasteiger partial charge is 0.177 e. The Morgan fingerprint density at radius 3 is 2.38 bits per heavy atom. The Hall–Kier alpha value is -1.07. The minimum atomic E-state index is -3.25. The van der Waals surface area contributed by atoms with Crippen molar-refractivity contribution < 1.29 is 13.5 Å². The van der Waals surface area contributed by atoms with Crippen LogP contribution in [0, 0.1) is 0 Å². The van der Waals surface area contributed by atoms with Gasteiger partial charge in [0.1, 0.15) is 0 Å². The van der Waals surface area contributed by atoms with E-state index >= 15 is 0 Å². The van der Waals surface area contributed by atoms with Crippen molar-refractivity contribution in [1.82, 2.24) is 0 Å². The number of benzene rings is 1. The van der Waals surface area contributed by atoms with Gasteiger partial charge in [-0.25, -0.2) is 8.42 Å². The first-order chi connectivity index (χ1) is 7.20. The Balaban J connectivity index is 2.97. The molecule has 0 atom stereocenters. The van der Waals surface area contributed by atoms with E-state index in [0.717, 1.165) is 6.26 Å². The molecule has 0 spiro atoms. The number of rotatable bonds is 4. The highest BCUT2D eigenvalue weighted by Crippen LogP contribution is 2.21. The van der Waals surface area contributed by atoms with Crippen LogP contribution in [0.25, 0.3) is 0 Å². The number of aliphatic hydroxyl groups is 1. The second kappa shape index (κ2) is 4.43. The third-order valence-corrected chi connectivity index (χ3v) is 3.15. The molecule has 0 aliphatic carbocycles. The molecule has 0 heterocycles. The predicted molar refractivity (Wildman–Crippen MR) is 64.3 cm³/mol. The second-order valence-electron chi connectivity index (χ2n) is 4.43. The summed E-state index contributed by atoms with van der Waals surface area (Å²) in [5.74, 6) is 0. The van der Waals surface area contributed by atoms with Crippen molar-refractivity contribution in [2.75, 3.05) is 18.1 Å². The Labute approximate surface area is 96.2 Å². The molecule has 1 aromatic rings. The molecule has 0 aliphatic rings. The maximum Gasteiger partial charge on any atom is 0.177 e. The number of sulfone groups is 1. The zero-order chi connectivity index (χ0) is 12.4. The highest BCUT2D eigenvalue weighted by molar-refractivity contribution is 7.90. The molecule has 0 radical (unpaired) electrons. The Bertz CT molecular complexity index is 460. The summed E-state index contributed by atoms with van der Waals surface area (Å²) in [6.45, 7) is 3.60. The molecule has 16 heavy (non-hydrogen) atoms. The van der Waals surface area contributed by atoms with Crippen LogP contribution in [0.1, 0.15) is 13.8 Å². The molecule has 0 aromatic heterocycles. The van der Waals surface area contributed by atoms with Gasteiger partial charge in [0.15, 0.2) is 9.84 Å². The third kappa shape index (κ3) is 3.83. The highest BCUT2D eigenvalue weighted by Gasteiger charge is 2.16. The average Bonchev–Trinajstić information content (AvgIpc) is 2.12. The van der Waals surface area contributed by atoms with E-state index in [9.17, 15) is 13.5 Å². The molecule has 0 saturated heterocycles. The van der Waals surface area contributed by atoms with Crippen molar-refractivity contribution >= 4 is 15.5 Å². The van der Waals surface area contributed by atoms with Gasteiger partial charge in [0.05, 0.1) is 16.2 Å². The first-order valence-corrected chi connectivity index (χ1v) is 6.85. The molecule has 0 fully saturated rings. The van der Waals surface area contributed by atoms with Crippen molar-refractivity contribution in [1.29, 1.82) is 0 Å². The van der Waals surface area contributed by atoms with E-state index in [0.29, 0.717) is 12.2 Å². The highest BCUT2D eigenvalue weighted by atomic mass is 32.2. The van der Waals surface area contributed by atoms with Gasteiger partial charge < -0.3 is 10.4 Å². The summed E-state index contributed by atoms with van der Waals surface area (Å²) in [6.07, 6.45) is 1.16. The second-order valence-corrected chi connectivity index (χ2v) is 6.42. The van der Waals surface area contributed by atoms with Gasteiger partial charge in [-0.15, -0.1) is 0 Å². The Kier molecular flexibility index (Phi) is 3.60. The molecule has 2 N–H and O–H groups in total. The fourth-order valence-electron chi connectivity index (χ4n) is 1.25. The normalized spacial score (nSPS) is 12.5. The quantitative estimate of drug-likeness (QED) is 0.836. The molecule has 0 unspecified atom stereocenters. The van der Waals surface area contributed by atoms with Crippen LogP contribution in [0.2, 0.25) is 0 Å². The summed E-state index contributed by atoms with van der Waals surface area (Å²) in [6, 6.07) is 6.65. The lowest BCUT2D eigenvalue weighted by atomic mass is 10.1. The van der Waals surface area contributed by atoms with Crippen LogP contribution in [-0.4, -0.2) is 31.9 Å². The molecular weight excluding hydrogens is 226 g/mol. The van der Waals surface area contributed by atoms with E-state index in [1.165, 1.54) is 0 Å². The van der Waals surface area contributed by atoms with Crippen molar-refractivity contribution in [3.63, 3.8) is 0 Å². The van der Waals surface area contributed by atoms with Crippen LogP contribution in [0.15, 0.2) is 29.2 Å². The number of nitrogens with one attached hydrogen (secondary N) is 1. The zero-order valence-corrected chi connectivity index (χ0v) is 10.5. The third-order valence-electron chi connectivity index (χ3n) is 2.00. The molecule has 0 saturated carbocycles. The molecular formula is C11H17NO3S. The van der Waals surface area contributed by atoms with Gasteiger partial charge in [-0.05, 0) is 26.0 Å². The van der Waals surface area contributed by atoms with Crippen molar-refractivity contribution in [2.24, 2.45) is 0 Å². The van der Waals surface area contributed by atoms with E-state index in [2.05, 4.69) is 5.32 Å². The number of hydrogen-bond donors (Lipinski definition) is 2. The predicted octanol–water partition coefficient (Wildman–Crippen LogP) is 1.27. The summed E-state index contributed by atoms with van der Waals surface area (Å²) in [7, 11) is -3.25. The summed E-state index contributed by atoms with van der Waals surface area (Å²) in [5.41, 5.74) is -0.364. The van der Waals surface area contributed by atoms with Crippen LogP contribution in [0.4, 0.5) is 5.69 Å². The molecule has 90 valence electrons. The number of hydrogen-bond acceptors (Lipinski definition) is 4. The molecule has 0 amide bonds. The maximum atomic E-state index is 11.5. The minimum Gasteiger partial charge on any atom is -0.389 e. The van der Waals surface area contributed by atoms with Gasteiger partial charge >= 0.3 is 0 Å². The molecule has 5 heteroatoms. The molecule has 0 bridgehead atoms. The van der Waals surface area contributed by atoms with Crippen LogP contribution in [-0.2, 0) is 9.84 Å². The van der Waals surface area contributed by atoms with Crippen LogP contribution >= 0.6 is 0 Å². The van der Waals surface area contributed by atoms with Gasteiger partial charge in [0, 0.05) is 12.8 Å². The average molecular weight is 243 g/mol. The fourth-order valence-corrected chi connectivity index (χ4v) is 2.11. The Morgan fingerprint density at radius 2 is 1.88 bits per heavy atom. The van der Waals surface area contributed by atoms with Gasteiger partial charge in [-0.3, -0.25) is 0 Å². The molecule has 4 nitrogen and oxygen atoms in total. The summed E-state index contributed by atoms with van der Waals surface area (Å²) >= 11 is 0. The van der Waals surface area contributed by atoms with E-state index in [1.807, 2.05) is 0 Å². The van der Waals surface area contributed by atoms with Gasteiger partial charge in [-0.1, -0.05) is 12.1 Å². The minimum absolute atomic E-state index is 0.249. The van der Waals surface area contributed by atoms with E-state index in [1.54, 1.807) is 38.1 Å². The Morgan fingerprint density at radius 1 is 1.31 bits per heavy atom. The lowest BCUT2D eigenvalue weighted by Gasteiger charge is -2.19. The standard InChI is InChI=1S/C11H17NO3S/c1-11(2,13)8-12-9-6-4-5-7-10(9)16(3,14)15/h4-7,12-13H,8H2,1-3H3. The summed E-state index contributed by atoms with van der Waals surface area (Å²) in [5, 5.41) is 12.5. The number of anilines is 1. The maximum absolute atomic E-state index is 11.5. The van der Waals surface area contributed by atoms with Crippen molar-refractivity contribution in [2.45, 2.75) is 24.3 Å². The SMILES string of the molecule is CC(C)(O)CNc1ccccc1S(C)(=O)=O. The first kappa shape index (κ1) is 13.0. The zero-order valence-electron chi connectivity index (χ0n) is 9.69. The lowest BCUT2D eigenvalue weighted by Crippen LogP contribution is -2.29. The van der Waals surface area contributed by atoms with Crippen LogP contribution in [0.3, 0.4) is 0 Å². The van der Waals surface area contributed by atoms with Gasteiger partial charge in [-0.2, -0.15) is 0 Å². The van der Waals surface area contributed by atoms with Crippen LogP contribution in [0.5, 0.6) is 0 Å². The summed E-state index contributed by atoms with van der Waals surface area (Å²) < 4.78 is 23.0. The van der Waals surface area contributed by atoms with Crippen LogP contribution < -0.4 is 5.32 Å². The molecule has 0 aliphatic heterocycles. The monoisotopic (exact) mass is 243 g/mol. The van der Waals surface area contributed by atoms with Crippen molar-refractivity contribution in [3.8, 4) is 0 Å². The van der Waals surface area contributed by atoms with Crippen molar-refractivity contribution in [3.05, 3.63) is 24.3 Å². The van der Waals surface area contributed by atoms with Gasteiger partial charge in [0.25, 0.3) is 0 Å². The van der Waals surface area contributed by atoms with E-state index in [-0.39, 0.29) is 4.90 Å². The molecule has 1 rings (SSSR count). The molecule has 1 aromatic carbocycles. The first-order valence-electron chi connectivity index (χ1n) is 4.95. The van der Waals surface area contributed by atoms with E-state index < -0.39 is 15.4 Å². The lowest BCUT2D eigenvalue weighted by molar-refractivity contribution is 0.0944. The number of para-hydroxylation sites is 1. The van der Waals surface area contributed by atoms with Gasteiger partial charge in [0.2, 0.25) is 0 Å². The fraction of sp³-hybridized carbons (Fsp3) is 0.455. The van der Waals surface area contributed by atoms with E-state index in [4.69, 9.17) is 0 Å².